The van der Waals surface area contributed by atoms with Gasteiger partial charge in [0.15, 0.2) is 0 Å². The standard InChI is InChI=1S/C13H17NO2/c1-2-16-12(15)13(9-14)7-10-5-3-4-6-11(10)8-13/h3-6H,2,7-9,14H2,1H3. The summed E-state index contributed by atoms with van der Waals surface area (Å²) in [6, 6.07) is 8.12. The molecule has 16 heavy (non-hydrogen) atoms. The van der Waals surface area contributed by atoms with Crippen LogP contribution in [0.4, 0.5) is 0 Å². The smallest absolute Gasteiger partial charge is 0.314 e. The molecule has 1 aliphatic rings. The predicted octanol–water partition coefficient (Wildman–Crippen LogP) is 1.29. The van der Waals surface area contributed by atoms with E-state index in [-0.39, 0.29) is 5.97 Å². The summed E-state index contributed by atoms with van der Waals surface area (Å²) < 4.78 is 5.13. The van der Waals surface area contributed by atoms with E-state index in [1.807, 2.05) is 19.1 Å². The van der Waals surface area contributed by atoms with E-state index in [1.165, 1.54) is 11.1 Å². The van der Waals surface area contributed by atoms with Gasteiger partial charge in [0.2, 0.25) is 0 Å². The summed E-state index contributed by atoms with van der Waals surface area (Å²) in [6.45, 7) is 2.58. The monoisotopic (exact) mass is 219 g/mol. The minimum Gasteiger partial charge on any atom is -0.466 e. The molecule has 0 saturated heterocycles. The number of hydrogen-bond acceptors (Lipinski definition) is 3. The molecule has 0 fully saturated rings. The summed E-state index contributed by atoms with van der Waals surface area (Å²) in [6.07, 6.45) is 1.41. The minimum atomic E-state index is -0.528. The lowest BCUT2D eigenvalue weighted by Gasteiger charge is -2.24. The van der Waals surface area contributed by atoms with Crippen LogP contribution in [0.2, 0.25) is 0 Å². The van der Waals surface area contributed by atoms with Crippen LogP contribution in [0.3, 0.4) is 0 Å². The van der Waals surface area contributed by atoms with Gasteiger partial charge >= 0.3 is 5.97 Å². The molecule has 2 N–H and O–H groups in total. The molecule has 0 amide bonds. The van der Waals surface area contributed by atoms with Gasteiger partial charge in [-0.15, -0.1) is 0 Å². The van der Waals surface area contributed by atoms with Crippen molar-refractivity contribution in [3.63, 3.8) is 0 Å². The number of nitrogens with two attached hydrogens (primary N) is 1. The SMILES string of the molecule is CCOC(=O)C1(CN)Cc2ccccc2C1. The quantitative estimate of drug-likeness (QED) is 0.779. The van der Waals surface area contributed by atoms with E-state index in [2.05, 4.69) is 12.1 Å². The number of fused-ring (bicyclic) bond motifs is 1. The van der Waals surface area contributed by atoms with Gasteiger partial charge in [-0.05, 0) is 30.9 Å². The Balaban J connectivity index is 2.26. The number of rotatable bonds is 3. The summed E-state index contributed by atoms with van der Waals surface area (Å²) in [5.41, 5.74) is 7.70. The molecule has 3 nitrogen and oxygen atoms in total. The molecule has 1 aromatic rings. The summed E-state index contributed by atoms with van der Waals surface area (Å²) in [7, 11) is 0. The van der Waals surface area contributed by atoms with Crippen molar-refractivity contribution < 1.29 is 9.53 Å². The van der Waals surface area contributed by atoms with Gasteiger partial charge in [-0.3, -0.25) is 4.79 Å². The van der Waals surface area contributed by atoms with Gasteiger partial charge in [0.1, 0.15) is 0 Å². The van der Waals surface area contributed by atoms with Crippen molar-refractivity contribution >= 4 is 5.97 Å². The Morgan fingerprint density at radius 1 is 1.38 bits per heavy atom. The van der Waals surface area contributed by atoms with E-state index in [4.69, 9.17) is 10.5 Å². The van der Waals surface area contributed by atoms with Crippen LogP contribution in [0, 0.1) is 5.41 Å². The Labute approximate surface area is 95.6 Å². The number of ether oxygens (including phenoxy) is 1. The molecule has 0 unspecified atom stereocenters. The highest BCUT2D eigenvalue weighted by Gasteiger charge is 2.43. The molecule has 0 heterocycles. The number of carbonyl (C=O) groups excluding carboxylic acids is 1. The third-order valence-corrected chi connectivity index (χ3v) is 3.28. The molecule has 0 radical (unpaired) electrons. The molecule has 0 atom stereocenters. The van der Waals surface area contributed by atoms with Crippen LogP contribution in [-0.4, -0.2) is 19.1 Å². The van der Waals surface area contributed by atoms with Crippen LogP contribution in [-0.2, 0) is 22.4 Å². The van der Waals surface area contributed by atoms with Gasteiger partial charge in [0, 0.05) is 6.54 Å². The molecule has 2 rings (SSSR count). The highest BCUT2D eigenvalue weighted by atomic mass is 16.5. The van der Waals surface area contributed by atoms with Crippen LogP contribution < -0.4 is 5.73 Å². The summed E-state index contributed by atoms with van der Waals surface area (Å²) in [4.78, 5) is 12.0. The fraction of sp³-hybridized carbons (Fsp3) is 0.462. The van der Waals surface area contributed by atoms with Gasteiger partial charge in [-0.25, -0.2) is 0 Å². The summed E-state index contributed by atoms with van der Waals surface area (Å²) in [5.74, 6) is -0.159. The highest BCUT2D eigenvalue weighted by molar-refractivity contribution is 5.79. The molecular weight excluding hydrogens is 202 g/mol. The molecule has 0 aromatic heterocycles. The minimum absolute atomic E-state index is 0.159. The molecule has 0 spiro atoms. The maximum Gasteiger partial charge on any atom is 0.314 e. The van der Waals surface area contributed by atoms with E-state index in [1.54, 1.807) is 0 Å². The fourth-order valence-electron chi connectivity index (χ4n) is 2.35. The lowest BCUT2D eigenvalue weighted by atomic mass is 9.85. The Morgan fingerprint density at radius 3 is 2.38 bits per heavy atom. The second kappa shape index (κ2) is 4.26. The Morgan fingerprint density at radius 2 is 1.94 bits per heavy atom. The van der Waals surface area contributed by atoms with Gasteiger partial charge in [-0.1, -0.05) is 24.3 Å². The van der Waals surface area contributed by atoms with E-state index in [0.717, 1.165) is 0 Å². The third-order valence-electron chi connectivity index (χ3n) is 3.28. The second-order valence-electron chi connectivity index (χ2n) is 4.33. The van der Waals surface area contributed by atoms with Crippen molar-refractivity contribution in [1.29, 1.82) is 0 Å². The van der Waals surface area contributed by atoms with Gasteiger partial charge < -0.3 is 10.5 Å². The first-order valence-electron chi connectivity index (χ1n) is 5.66. The van der Waals surface area contributed by atoms with Crippen LogP contribution in [0.5, 0.6) is 0 Å². The van der Waals surface area contributed by atoms with Gasteiger partial charge in [-0.2, -0.15) is 0 Å². The zero-order valence-corrected chi connectivity index (χ0v) is 9.53. The maximum atomic E-state index is 12.0. The Hall–Kier alpha value is -1.35. The lowest BCUT2D eigenvalue weighted by molar-refractivity contribution is -0.154. The van der Waals surface area contributed by atoms with Crippen LogP contribution in [0.25, 0.3) is 0 Å². The Bertz CT molecular complexity index is 376. The lowest BCUT2D eigenvalue weighted by Crippen LogP contribution is -2.40. The average Bonchev–Trinajstić information content (AvgIpc) is 2.69. The first kappa shape index (κ1) is 11.1. The van der Waals surface area contributed by atoms with Crippen molar-refractivity contribution in [2.75, 3.05) is 13.2 Å². The van der Waals surface area contributed by atoms with Crippen molar-refractivity contribution in [2.24, 2.45) is 11.1 Å². The molecule has 0 aliphatic heterocycles. The largest absolute Gasteiger partial charge is 0.466 e. The topological polar surface area (TPSA) is 52.3 Å². The Kier molecular flexibility index (Phi) is 2.97. The predicted molar refractivity (Wildman–Crippen MR) is 62.0 cm³/mol. The van der Waals surface area contributed by atoms with E-state index in [9.17, 15) is 4.79 Å². The first-order chi connectivity index (χ1) is 7.72. The maximum absolute atomic E-state index is 12.0. The first-order valence-corrected chi connectivity index (χ1v) is 5.66. The summed E-state index contributed by atoms with van der Waals surface area (Å²) in [5, 5.41) is 0. The number of benzene rings is 1. The normalized spacial score (nSPS) is 16.9. The molecule has 3 heteroatoms. The van der Waals surface area contributed by atoms with Crippen molar-refractivity contribution in [3.8, 4) is 0 Å². The fourth-order valence-corrected chi connectivity index (χ4v) is 2.35. The number of hydrogen-bond donors (Lipinski definition) is 1. The third kappa shape index (κ3) is 1.71. The highest BCUT2D eigenvalue weighted by Crippen LogP contribution is 2.37. The summed E-state index contributed by atoms with van der Waals surface area (Å²) >= 11 is 0. The molecule has 1 aliphatic carbocycles. The average molecular weight is 219 g/mol. The van der Waals surface area contributed by atoms with Crippen molar-refractivity contribution in [3.05, 3.63) is 35.4 Å². The van der Waals surface area contributed by atoms with Gasteiger partial charge in [0.25, 0.3) is 0 Å². The van der Waals surface area contributed by atoms with E-state index in [0.29, 0.717) is 26.0 Å². The number of carbonyl (C=O) groups is 1. The molecular formula is C13H17NO2. The molecule has 1 aromatic carbocycles. The zero-order chi connectivity index (χ0) is 11.6. The molecule has 0 saturated carbocycles. The van der Waals surface area contributed by atoms with Crippen LogP contribution in [0.1, 0.15) is 18.1 Å². The van der Waals surface area contributed by atoms with E-state index >= 15 is 0 Å². The number of esters is 1. The van der Waals surface area contributed by atoms with Crippen LogP contribution >= 0.6 is 0 Å². The second-order valence-corrected chi connectivity index (χ2v) is 4.33. The molecule has 86 valence electrons. The van der Waals surface area contributed by atoms with Gasteiger partial charge in [0.05, 0.1) is 12.0 Å². The van der Waals surface area contributed by atoms with E-state index < -0.39 is 5.41 Å². The molecule has 0 bridgehead atoms. The van der Waals surface area contributed by atoms with Crippen LogP contribution in [0.15, 0.2) is 24.3 Å². The van der Waals surface area contributed by atoms with Crippen molar-refractivity contribution in [2.45, 2.75) is 19.8 Å². The zero-order valence-electron chi connectivity index (χ0n) is 9.53. The van der Waals surface area contributed by atoms with Crippen molar-refractivity contribution in [1.82, 2.24) is 0 Å².